The summed E-state index contributed by atoms with van der Waals surface area (Å²) in [6.45, 7) is 0.819. The monoisotopic (exact) mass is 342 g/mol. The number of esters is 1. The van der Waals surface area contributed by atoms with Crippen molar-refractivity contribution in [3.05, 3.63) is 71.8 Å². The first kappa shape index (κ1) is 17.6. The molecule has 132 valence electrons. The van der Waals surface area contributed by atoms with Crippen LogP contribution in [0.3, 0.4) is 0 Å². The number of ether oxygens (including phenoxy) is 4. The summed E-state index contributed by atoms with van der Waals surface area (Å²) in [4.78, 5) is 12.3. The molecule has 0 radical (unpaired) electrons. The van der Waals surface area contributed by atoms with Gasteiger partial charge in [-0.25, -0.2) is 4.79 Å². The molecule has 2 aromatic rings. The third kappa shape index (κ3) is 4.89. The first-order chi connectivity index (χ1) is 12.3. The lowest BCUT2D eigenvalue weighted by molar-refractivity contribution is -0.134. The lowest BCUT2D eigenvalue weighted by atomic mass is 10.1. The minimum atomic E-state index is -0.395. The minimum absolute atomic E-state index is 0.335. The summed E-state index contributed by atoms with van der Waals surface area (Å²) in [6.07, 6.45) is -0.636. The Balaban J connectivity index is 1.55. The van der Waals surface area contributed by atoms with E-state index in [-0.39, 0.29) is 18.4 Å². The SMILES string of the molecule is COC1C[C@H](OC(=O)c2ccccc2)[C@@H](COCc2ccccc2)O1. The van der Waals surface area contributed by atoms with Gasteiger partial charge in [-0.15, -0.1) is 0 Å². The summed E-state index contributed by atoms with van der Waals surface area (Å²) < 4.78 is 22.4. The van der Waals surface area contributed by atoms with E-state index in [0.29, 0.717) is 25.2 Å². The van der Waals surface area contributed by atoms with E-state index in [0.717, 1.165) is 5.56 Å². The van der Waals surface area contributed by atoms with Crippen LogP contribution in [0.15, 0.2) is 60.7 Å². The zero-order valence-electron chi connectivity index (χ0n) is 14.2. The third-order valence-electron chi connectivity index (χ3n) is 4.09. The molecule has 1 fully saturated rings. The van der Waals surface area contributed by atoms with E-state index in [1.54, 1.807) is 31.4 Å². The van der Waals surface area contributed by atoms with Gasteiger partial charge in [0.05, 0.1) is 18.8 Å². The molecule has 5 heteroatoms. The standard InChI is InChI=1S/C20H22O5/c1-22-19-12-17(25-20(21)16-10-6-3-7-11-16)18(24-19)14-23-13-15-8-4-2-5-9-15/h2-11,17-19H,12-14H2,1H3/t17-,18+,19?/m0/s1. The fourth-order valence-corrected chi connectivity index (χ4v) is 2.75. The lowest BCUT2D eigenvalue weighted by Crippen LogP contribution is -2.31. The third-order valence-corrected chi connectivity index (χ3v) is 4.09. The van der Waals surface area contributed by atoms with Crippen LogP contribution in [0.4, 0.5) is 0 Å². The number of carbonyl (C=O) groups excluding carboxylic acids is 1. The number of rotatable bonds is 7. The van der Waals surface area contributed by atoms with Crippen LogP contribution in [0.2, 0.25) is 0 Å². The Labute approximate surface area is 147 Å². The Morgan fingerprint density at radius 3 is 2.44 bits per heavy atom. The molecule has 0 aliphatic carbocycles. The molecule has 0 bridgehead atoms. The molecular formula is C20H22O5. The Kier molecular flexibility index (Phi) is 6.17. The van der Waals surface area contributed by atoms with Gasteiger partial charge in [-0.1, -0.05) is 48.5 Å². The van der Waals surface area contributed by atoms with Crippen molar-refractivity contribution < 1.29 is 23.7 Å². The van der Waals surface area contributed by atoms with Crippen LogP contribution in [-0.2, 0) is 25.6 Å². The average molecular weight is 342 g/mol. The molecule has 2 aromatic carbocycles. The maximum absolute atomic E-state index is 12.3. The topological polar surface area (TPSA) is 54.0 Å². The van der Waals surface area contributed by atoms with Gasteiger partial charge in [0.15, 0.2) is 6.29 Å². The molecule has 5 nitrogen and oxygen atoms in total. The Hall–Kier alpha value is -2.21. The fourth-order valence-electron chi connectivity index (χ4n) is 2.75. The van der Waals surface area contributed by atoms with E-state index < -0.39 is 6.10 Å². The molecule has 3 atom stereocenters. The molecule has 25 heavy (non-hydrogen) atoms. The van der Waals surface area contributed by atoms with Gasteiger partial charge in [0.25, 0.3) is 0 Å². The predicted octanol–water partition coefficient (Wildman–Crippen LogP) is 3.19. The van der Waals surface area contributed by atoms with Crippen LogP contribution in [-0.4, -0.2) is 38.2 Å². The molecular weight excluding hydrogens is 320 g/mol. The molecule has 1 heterocycles. The van der Waals surface area contributed by atoms with Crippen LogP contribution in [0.1, 0.15) is 22.3 Å². The smallest absolute Gasteiger partial charge is 0.338 e. The average Bonchev–Trinajstić information content (AvgIpc) is 3.05. The molecule has 0 amide bonds. The van der Waals surface area contributed by atoms with E-state index in [1.807, 2.05) is 36.4 Å². The largest absolute Gasteiger partial charge is 0.456 e. The quantitative estimate of drug-likeness (QED) is 0.723. The number of carbonyl (C=O) groups is 1. The number of methoxy groups -OCH3 is 1. The minimum Gasteiger partial charge on any atom is -0.456 e. The van der Waals surface area contributed by atoms with Crippen molar-refractivity contribution in [2.45, 2.75) is 31.5 Å². The van der Waals surface area contributed by atoms with Gasteiger partial charge in [0.2, 0.25) is 0 Å². The summed E-state index contributed by atoms with van der Waals surface area (Å²) >= 11 is 0. The van der Waals surface area contributed by atoms with Gasteiger partial charge in [-0.3, -0.25) is 0 Å². The second-order valence-corrected chi connectivity index (χ2v) is 5.89. The Bertz CT molecular complexity index is 658. The van der Waals surface area contributed by atoms with E-state index in [2.05, 4.69) is 0 Å². The molecule has 1 saturated heterocycles. The summed E-state index contributed by atoms with van der Waals surface area (Å²) in [5.74, 6) is -0.362. The van der Waals surface area contributed by atoms with E-state index >= 15 is 0 Å². The molecule has 1 unspecified atom stereocenters. The molecule has 1 aliphatic rings. The fraction of sp³-hybridized carbons (Fsp3) is 0.350. The van der Waals surface area contributed by atoms with Gasteiger partial charge in [-0.05, 0) is 17.7 Å². The lowest BCUT2D eigenvalue weighted by Gasteiger charge is -2.19. The highest BCUT2D eigenvalue weighted by Crippen LogP contribution is 2.25. The van der Waals surface area contributed by atoms with Gasteiger partial charge < -0.3 is 18.9 Å². The number of hydrogen-bond acceptors (Lipinski definition) is 5. The van der Waals surface area contributed by atoms with Crippen molar-refractivity contribution in [2.75, 3.05) is 13.7 Å². The zero-order chi connectivity index (χ0) is 17.5. The van der Waals surface area contributed by atoms with Gasteiger partial charge in [0, 0.05) is 13.5 Å². The highest BCUT2D eigenvalue weighted by Gasteiger charge is 2.38. The van der Waals surface area contributed by atoms with Crippen molar-refractivity contribution in [2.24, 2.45) is 0 Å². The van der Waals surface area contributed by atoms with Gasteiger partial charge >= 0.3 is 5.97 Å². The molecule has 0 N–H and O–H groups in total. The van der Waals surface area contributed by atoms with Crippen LogP contribution >= 0.6 is 0 Å². The molecule has 0 aromatic heterocycles. The van der Waals surface area contributed by atoms with E-state index in [4.69, 9.17) is 18.9 Å². The Morgan fingerprint density at radius 1 is 1.08 bits per heavy atom. The second kappa shape index (κ2) is 8.76. The van der Waals surface area contributed by atoms with Crippen LogP contribution < -0.4 is 0 Å². The van der Waals surface area contributed by atoms with E-state index in [9.17, 15) is 4.79 Å². The molecule has 3 rings (SSSR count). The second-order valence-electron chi connectivity index (χ2n) is 5.89. The van der Waals surface area contributed by atoms with Crippen molar-refractivity contribution in [3.8, 4) is 0 Å². The van der Waals surface area contributed by atoms with Gasteiger partial charge in [-0.2, -0.15) is 0 Å². The molecule has 0 saturated carbocycles. The van der Waals surface area contributed by atoms with Crippen molar-refractivity contribution >= 4 is 5.97 Å². The van der Waals surface area contributed by atoms with Crippen LogP contribution in [0.25, 0.3) is 0 Å². The summed E-state index contributed by atoms with van der Waals surface area (Å²) in [7, 11) is 1.58. The normalized spacial score (nSPS) is 22.7. The summed E-state index contributed by atoms with van der Waals surface area (Å²) in [5, 5.41) is 0. The van der Waals surface area contributed by atoms with Crippen molar-refractivity contribution in [1.29, 1.82) is 0 Å². The van der Waals surface area contributed by atoms with Crippen LogP contribution in [0.5, 0.6) is 0 Å². The van der Waals surface area contributed by atoms with Crippen molar-refractivity contribution in [3.63, 3.8) is 0 Å². The first-order valence-electron chi connectivity index (χ1n) is 8.32. The number of benzene rings is 2. The summed E-state index contributed by atoms with van der Waals surface area (Å²) in [5.41, 5.74) is 1.61. The highest BCUT2D eigenvalue weighted by atomic mass is 16.7. The maximum atomic E-state index is 12.3. The number of hydrogen-bond donors (Lipinski definition) is 0. The first-order valence-corrected chi connectivity index (χ1v) is 8.32. The highest BCUT2D eigenvalue weighted by molar-refractivity contribution is 5.89. The van der Waals surface area contributed by atoms with Crippen molar-refractivity contribution in [1.82, 2.24) is 0 Å². The predicted molar refractivity (Wildman–Crippen MR) is 92.0 cm³/mol. The Morgan fingerprint density at radius 2 is 1.76 bits per heavy atom. The molecule has 1 aliphatic heterocycles. The van der Waals surface area contributed by atoms with E-state index in [1.165, 1.54) is 0 Å². The van der Waals surface area contributed by atoms with Gasteiger partial charge in [0.1, 0.15) is 12.2 Å². The maximum Gasteiger partial charge on any atom is 0.338 e. The zero-order valence-corrected chi connectivity index (χ0v) is 14.2. The summed E-state index contributed by atoms with van der Waals surface area (Å²) in [6, 6.07) is 18.8. The van der Waals surface area contributed by atoms with Crippen LogP contribution in [0, 0.1) is 0 Å². The molecule has 0 spiro atoms.